The van der Waals surface area contributed by atoms with E-state index in [1.165, 1.54) is 93.7 Å². The van der Waals surface area contributed by atoms with Crippen molar-refractivity contribution >= 4 is 49.2 Å². The molecule has 0 saturated heterocycles. The predicted octanol–water partition coefficient (Wildman–Crippen LogP) is 16.1. The highest BCUT2D eigenvalue weighted by Crippen LogP contribution is 2.58. The molecule has 64 heavy (non-hydrogen) atoms. The van der Waals surface area contributed by atoms with Crippen LogP contribution in [-0.2, 0) is 5.41 Å². The topological polar surface area (TPSA) is 9.86 Å². The second kappa shape index (κ2) is 15.0. The van der Waals surface area contributed by atoms with Gasteiger partial charge in [-0.25, -0.2) is 0 Å². The van der Waals surface area contributed by atoms with E-state index in [0.29, 0.717) is 0 Å². The summed E-state index contributed by atoms with van der Waals surface area (Å²) in [5, 5.41) is 4.91. The minimum atomic E-state index is -0.614. The third-order valence-electron chi connectivity index (χ3n) is 13.5. The van der Waals surface area contributed by atoms with E-state index in [0.717, 1.165) is 16.9 Å². The van der Waals surface area contributed by atoms with Gasteiger partial charge in [0.2, 0.25) is 0 Å². The average Bonchev–Trinajstić information content (AvgIpc) is 3.98. The summed E-state index contributed by atoms with van der Waals surface area (Å²) in [4.78, 5) is 0. The Balaban J connectivity index is 1.12. The summed E-state index contributed by atoms with van der Waals surface area (Å²) < 4.78 is 4.92. The number of nitrogens with zero attached hydrogens (tertiary/aromatic N) is 2. The molecule has 0 radical (unpaired) electrons. The Morgan fingerprint density at radius 1 is 0.422 bits per heavy atom. The summed E-state index contributed by atoms with van der Waals surface area (Å²) in [6, 6.07) is 80.1. The lowest BCUT2D eigenvalue weighted by molar-refractivity contribution is 0.764. The van der Waals surface area contributed by atoms with Crippen molar-refractivity contribution in [3.05, 3.63) is 271 Å². The molecule has 9 aromatic carbocycles. The molecular weight excluding hydrogens is 773 g/mol. The average molecular weight is 817 g/mol. The first kappa shape index (κ1) is 37.6. The van der Waals surface area contributed by atoms with Crippen LogP contribution in [0.25, 0.3) is 82.8 Å². The Kier molecular flexibility index (Phi) is 8.81. The fourth-order valence-corrected chi connectivity index (χ4v) is 10.8. The zero-order valence-corrected chi connectivity index (χ0v) is 35.6. The summed E-state index contributed by atoms with van der Waals surface area (Å²) in [5.41, 5.74) is 18.5. The number of benzene rings is 9. The summed E-state index contributed by atoms with van der Waals surface area (Å²) >= 11 is 0. The molecule has 0 saturated carbocycles. The first-order valence-electron chi connectivity index (χ1n) is 22.2. The van der Waals surface area contributed by atoms with Gasteiger partial charge in [0.05, 0.1) is 27.5 Å². The predicted molar refractivity (Wildman–Crippen MR) is 271 cm³/mol. The van der Waals surface area contributed by atoms with E-state index < -0.39 is 5.41 Å². The van der Waals surface area contributed by atoms with Gasteiger partial charge in [0.25, 0.3) is 0 Å². The molecule has 12 rings (SSSR count). The fourth-order valence-electron chi connectivity index (χ4n) is 10.8. The number of allylic oxidation sites excluding steroid dienone is 5. The molecule has 0 N–H and O–H groups in total. The molecule has 0 aliphatic heterocycles. The molecule has 0 unspecified atom stereocenters. The molecule has 1 aliphatic rings. The van der Waals surface area contributed by atoms with Crippen LogP contribution in [0.1, 0.15) is 29.2 Å². The van der Waals surface area contributed by atoms with E-state index in [1.54, 1.807) is 0 Å². The van der Waals surface area contributed by atoms with E-state index in [2.05, 4.69) is 259 Å². The van der Waals surface area contributed by atoms with Gasteiger partial charge in [0.15, 0.2) is 0 Å². The molecule has 2 nitrogen and oxygen atoms in total. The quantitative estimate of drug-likeness (QED) is 0.145. The molecule has 0 atom stereocenters. The number of hydrogen-bond donors (Lipinski definition) is 0. The monoisotopic (exact) mass is 816 g/mol. The smallest absolute Gasteiger partial charge is 0.0734 e. The molecular formula is C62H44N2. The molecule has 2 aromatic heterocycles. The number of para-hydroxylation sites is 2. The standard InChI is InChI=1S/C62H44N2/c1-3-20-56-50(4-2)52-35-36-53-55-41-45(44-33-37-58-54(40-44)51-31-17-18-32-57(51)63(58)49-30-19-23-43(39-49)42-21-9-5-10-22-42)34-38-59(55)64(48-28-15-8-16-29-48)61(53)60(52)62(56,46-24-11-6-12-25-46)47-26-13-7-14-27-47/h3-41H,2H2,1H3/b20-3-. The number of fused-ring (bicyclic) bond motifs is 8. The molecule has 11 aromatic rings. The minimum Gasteiger partial charge on any atom is -0.309 e. The second-order valence-electron chi connectivity index (χ2n) is 16.8. The van der Waals surface area contributed by atoms with Crippen molar-refractivity contribution in [2.75, 3.05) is 0 Å². The van der Waals surface area contributed by atoms with Gasteiger partial charge >= 0.3 is 0 Å². The molecule has 2 heteroatoms. The Bertz CT molecular complexity index is 3620. The van der Waals surface area contributed by atoms with Crippen molar-refractivity contribution in [3.63, 3.8) is 0 Å². The zero-order chi connectivity index (χ0) is 42.8. The number of hydrogen-bond acceptors (Lipinski definition) is 0. The number of aromatic nitrogens is 2. The Hall–Kier alpha value is -8.20. The van der Waals surface area contributed by atoms with Crippen LogP contribution in [0.15, 0.2) is 249 Å². The van der Waals surface area contributed by atoms with E-state index in [1.807, 2.05) is 0 Å². The molecule has 2 heterocycles. The second-order valence-corrected chi connectivity index (χ2v) is 16.8. The van der Waals surface area contributed by atoms with E-state index in [4.69, 9.17) is 0 Å². The maximum absolute atomic E-state index is 4.45. The van der Waals surface area contributed by atoms with Crippen LogP contribution in [0.2, 0.25) is 0 Å². The van der Waals surface area contributed by atoms with Gasteiger partial charge in [-0.1, -0.05) is 189 Å². The minimum absolute atomic E-state index is 0.614. The lowest BCUT2D eigenvalue weighted by Crippen LogP contribution is -2.30. The highest BCUT2D eigenvalue weighted by atomic mass is 15.0. The maximum atomic E-state index is 4.45. The Labute approximate surface area is 373 Å². The van der Waals surface area contributed by atoms with Gasteiger partial charge in [0.1, 0.15) is 0 Å². The first-order valence-corrected chi connectivity index (χ1v) is 22.2. The fraction of sp³-hybridized carbons (Fsp3) is 0.0323. The number of rotatable bonds is 8. The van der Waals surface area contributed by atoms with Crippen LogP contribution in [0.4, 0.5) is 0 Å². The largest absolute Gasteiger partial charge is 0.309 e. The Morgan fingerprint density at radius 2 is 0.953 bits per heavy atom. The van der Waals surface area contributed by atoms with Gasteiger partial charge in [-0.15, -0.1) is 0 Å². The van der Waals surface area contributed by atoms with Crippen LogP contribution in [0, 0.1) is 0 Å². The summed E-state index contributed by atoms with van der Waals surface area (Å²) in [6.45, 7) is 6.57. The summed E-state index contributed by atoms with van der Waals surface area (Å²) in [6.07, 6.45) is 6.55. The van der Waals surface area contributed by atoms with Gasteiger partial charge in [-0.3, -0.25) is 0 Å². The molecule has 1 aliphatic carbocycles. The maximum Gasteiger partial charge on any atom is 0.0734 e. The van der Waals surface area contributed by atoms with Crippen molar-refractivity contribution < 1.29 is 0 Å². The van der Waals surface area contributed by atoms with Gasteiger partial charge in [-0.05, 0) is 112 Å². The molecule has 0 amide bonds. The van der Waals surface area contributed by atoms with E-state index >= 15 is 0 Å². The van der Waals surface area contributed by atoms with Crippen LogP contribution >= 0.6 is 0 Å². The van der Waals surface area contributed by atoms with Crippen LogP contribution in [-0.4, -0.2) is 9.13 Å². The van der Waals surface area contributed by atoms with Crippen LogP contribution < -0.4 is 0 Å². The van der Waals surface area contributed by atoms with Gasteiger partial charge in [-0.2, -0.15) is 0 Å². The SMILES string of the molecule is C=CC1=C(/C=C\C)C(c2ccccc2)(c2ccccc2)c2c1ccc1c3cc(-c4ccc5c(c4)c4ccccc4n5-c4cccc(-c5ccccc5)c4)ccc3n(-c3ccccc3)c21. The van der Waals surface area contributed by atoms with Crippen molar-refractivity contribution in [2.24, 2.45) is 0 Å². The first-order chi connectivity index (χ1) is 31.7. The normalized spacial score (nSPS) is 13.5. The van der Waals surface area contributed by atoms with Crippen molar-refractivity contribution in [1.82, 2.24) is 9.13 Å². The lowest BCUT2D eigenvalue weighted by Gasteiger charge is -2.35. The molecule has 0 bridgehead atoms. The lowest BCUT2D eigenvalue weighted by atomic mass is 9.66. The van der Waals surface area contributed by atoms with Crippen molar-refractivity contribution in [2.45, 2.75) is 12.3 Å². The van der Waals surface area contributed by atoms with Crippen LogP contribution in [0.3, 0.4) is 0 Å². The van der Waals surface area contributed by atoms with Crippen molar-refractivity contribution in [1.29, 1.82) is 0 Å². The zero-order valence-electron chi connectivity index (χ0n) is 35.6. The third kappa shape index (κ3) is 5.52. The van der Waals surface area contributed by atoms with Gasteiger partial charge < -0.3 is 9.13 Å². The molecule has 0 spiro atoms. The van der Waals surface area contributed by atoms with E-state index in [9.17, 15) is 0 Å². The summed E-state index contributed by atoms with van der Waals surface area (Å²) in [7, 11) is 0. The molecule has 302 valence electrons. The summed E-state index contributed by atoms with van der Waals surface area (Å²) in [5.74, 6) is 0. The third-order valence-corrected chi connectivity index (χ3v) is 13.5. The Morgan fingerprint density at radius 3 is 1.61 bits per heavy atom. The van der Waals surface area contributed by atoms with Crippen LogP contribution in [0.5, 0.6) is 0 Å². The van der Waals surface area contributed by atoms with Gasteiger partial charge in [0, 0.05) is 38.5 Å². The highest BCUT2D eigenvalue weighted by Gasteiger charge is 2.48. The van der Waals surface area contributed by atoms with E-state index in [-0.39, 0.29) is 0 Å². The molecule has 0 fully saturated rings. The van der Waals surface area contributed by atoms with Crippen molar-refractivity contribution in [3.8, 4) is 33.6 Å². The highest BCUT2D eigenvalue weighted by molar-refractivity contribution is 6.15.